The first-order valence-electron chi connectivity index (χ1n) is 5.22. The van der Waals surface area contributed by atoms with Gasteiger partial charge in [0.1, 0.15) is 6.07 Å². The maximum Gasteiger partial charge on any atom is 0.181 e. The van der Waals surface area contributed by atoms with Crippen LogP contribution in [-0.4, -0.2) is 12.6 Å². The van der Waals surface area contributed by atoms with E-state index in [1.807, 2.05) is 13.0 Å². The minimum absolute atomic E-state index is 0.120. The van der Waals surface area contributed by atoms with Crippen molar-refractivity contribution in [3.8, 4) is 11.8 Å². The molecule has 0 bridgehead atoms. The molecule has 0 fully saturated rings. The van der Waals surface area contributed by atoms with Crippen LogP contribution in [0.4, 0.5) is 4.39 Å². The van der Waals surface area contributed by atoms with E-state index < -0.39 is 11.9 Å². The number of hydrogen-bond acceptors (Lipinski definition) is 3. The largest absolute Gasteiger partial charge is 0.473 e. The average Bonchev–Trinajstić information content (AvgIpc) is 2.29. The minimum Gasteiger partial charge on any atom is -0.473 e. The van der Waals surface area contributed by atoms with Gasteiger partial charge in [0.05, 0.1) is 0 Å². The predicted molar refractivity (Wildman–Crippen MR) is 59.5 cm³/mol. The Labute approximate surface area is 94.8 Å². The van der Waals surface area contributed by atoms with Gasteiger partial charge in [-0.25, -0.2) is 4.39 Å². The fourth-order valence-electron chi connectivity index (χ4n) is 1.24. The van der Waals surface area contributed by atoms with Gasteiger partial charge in [-0.3, -0.25) is 0 Å². The van der Waals surface area contributed by atoms with E-state index >= 15 is 0 Å². The Morgan fingerprint density at radius 1 is 1.56 bits per heavy atom. The molecule has 0 aliphatic rings. The summed E-state index contributed by atoms with van der Waals surface area (Å²) in [6, 6.07) is 6.64. The van der Waals surface area contributed by atoms with E-state index in [1.165, 1.54) is 6.07 Å². The van der Waals surface area contributed by atoms with Crippen LogP contribution in [0.1, 0.15) is 19.4 Å². The molecule has 86 valence electrons. The molecule has 0 saturated heterocycles. The molecule has 1 rings (SSSR count). The second kappa shape index (κ2) is 6.09. The van der Waals surface area contributed by atoms with Gasteiger partial charge in [0.15, 0.2) is 17.7 Å². The molecular weight excluding hydrogens is 207 g/mol. The first kappa shape index (κ1) is 12.5. The smallest absolute Gasteiger partial charge is 0.181 e. The third-order valence-electron chi connectivity index (χ3n) is 2.06. The highest BCUT2D eigenvalue weighted by atomic mass is 19.1. The topological polar surface area (TPSA) is 45.0 Å². The highest BCUT2D eigenvalue weighted by Gasteiger charge is 2.08. The summed E-state index contributed by atoms with van der Waals surface area (Å²) in [6.07, 6.45) is -0.644. The molecular formula is C12H15FN2O. The van der Waals surface area contributed by atoms with Crippen molar-refractivity contribution in [1.29, 1.82) is 5.26 Å². The average molecular weight is 222 g/mol. The highest BCUT2D eigenvalue weighted by Crippen LogP contribution is 2.19. The second-order valence-electron chi connectivity index (χ2n) is 3.43. The molecule has 0 saturated carbocycles. The number of benzene rings is 1. The summed E-state index contributed by atoms with van der Waals surface area (Å²) in [6.45, 7) is 5.03. The maximum atomic E-state index is 13.5. The van der Waals surface area contributed by atoms with Gasteiger partial charge in [0.2, 0.25) is 0 Å². The molecule has 1 aromatic carbocycles. The molecule has 0 aliphatic heterocycles. The van der Waals surface area contributed by atoms with E-state index in [4.69, 9.17) is 10.00 Å². The zero-order chi connectivity index (χ0) is 12.0. The summed E-state index contributed by atoms with van der Waals surface area (Å²) < 4.78 is 18.6. The van der Waals surface area contributed by atoms with Gasteiger partial charge in [-0.05, 0) is 31.2 Å². The SMILES string of the molecule is CCNCc1ccc(OC(C)C#N)c(F)c1. The van der Waals surface area contributed by atoms with Crippen LogP contribution >= 0.6 is 0 Å². The first-order chi connectivity index (χ1) is 7.67. The number of halogens is 1. The zero-order valence-electron chi connectivity index (χ0n) is 9.46. The molecule has 0 aromatic heterocycles. The monoisotopic (exact) mass is 222 g/mol. The Morgan fingerprint density at radius 2 is 2.31 bits per heavy atom. The maximum absolute atomic E-state index is 13.5. The zero-order valence-corrected chi connectivity index (χ0v) is 9.46. The third-order valence-corrected chi connectivity index (χ3v) is 2.06. The molecule has 1 N–H and O–H groups in total. The van der Waals surface area contributed by atoms with Crippen molar-refractivity contribution in [3.63, 3.8) is 0 Å². The van der Waals surface area contributed by atoms with Gasteiger partial charge in [-0.1, -0.05) is 13.0 Å². The van der Waals surface area contributed by atoms with Gasteiger partial charge < -0.3 is 10.1 Å². The van der Waals surface area contributed by atoms with Crippen LogP contribution in [0.2, 0.25) is 0 Å². The van der Waals surface area contributed by atoms with E-state index in [1.54, 1.807) is 19.1 Å². The molecule has 16 heavy (non-hydrogen) atoms. The Balaban J connectivity index is 2.72. The van der Waals surface area contributed by atoms with Crippen LogP contribution in [-0.2, 0) is 6.54 Å². The molecule has 3 nitrogen and oxygen atoms in total. The molecule has 0 amide bonds. The van der Waals surface area contributed by atoms with Crippen molar-refractivity contribution in [3.05, 3.63) is 29.6 Å². The number of nitrogens with one attached hydrogen (secondary N) is 1. The van der Waals surface area contributed by atoms with Crippen molar-refractivity contribution >= 4 is 0 Å². The first-order valence-corrected chi connectivity index (χ1v) is 5.22. The summed E-state index contributed by atoms with van der Waals surface area (Å²) in [5.41, 5.74) is 0.858. The summed E-state index contributed by atoms with van der Waals surface area (Å²) in [4.78, 5) is 0. The van der Waals surface area contributed by atoms with Crippen molar-refractivity contribution in [2.24, 2.45) is 0 Å². The fourth-order valence-corrected chi connectivity index (χ4v) is 1.24. The molecule has 1 atom stereocenters. The molecule has 1 unspecified atom stereocenters. The molecule has 0 spiro atoms. The quantitative estimate of drug-likeness (QED) is 0.830. The molecule has 0 radical (unpaired) electrons. The number of nitriles is 1. The predicted octanol–water partition coefficient (Wildman–Crippen LogP) is 2.23. The third kappa shape index (κ3) is 3.52. The standard InChI is InChI=1S/C12H15FN2O/c1-3-15-8-10-4-5-12(11(13)6-10)16-9(2)7-14/h4-6,9,15H,3,8H2,1-2H3. The van der Waals surface area contributed by atoms with Crippen molar-refractivity contribution in [2.75, 3.05) is 6.54 Å². The summed E-state index contributed by atoms with van der Waals surface area (Å²) in [7, 11) is 0. The molecule has 0 aliphatic carbocycles. The molecule has 1 aromatic rings. The second-order valence-corrected chi connectivity index (χ2v) is 3.43. The van der Waals surface area contributed by atoms with Gasteiger partial charge in [0.25, 0.3) is 0 Å². The van der Waals surface area contributed by atoms with Gasteiger partial charge in [0, 0.05) is 6.54 Å². The lowest BCUT2D eigenvalue weighted by Gasteiger charge is -2.10. The van der Waals surface area contributed by atoms with E-state index in [9.17, 15) is 4.39 Å². The van der Waals surface area contributed by atoms with Gasteiger partial charge in [-0.2, -0.15) is 5.26 Å². The lowest BCUT2D eigenvalue weighted by Crippen LogP contribution is -2.13. The van der Waals surface area contributed by atoms with Crippen LogP contribution in [0.5, 0.6) is 5.75 Å². The summed E-state index contributed by atoms with van der Waals surface area (Å²) >= 11 is 0. The van der Waals surface area contributed by atoms with Crippen LogP contribution in [0, 0.1) is 17.1 Å². The molecule has 4 heteroatoms. The number of hydrogen-bond donors (Lipinski definition) is 1. The number of ether oxygens (including phenoxy) is 1. The van der Waals surface area contributed by atoms with Crippen LogP contribution in [0.25, 0.3) is 0 Å². The highest BCUT2D eigenvalue weighted by molar-refractivity contribution is 5.29. The Morgan fingerprint density at radius 3 is 2.88 bits per heavy atom. The van der Waals surface area contributed by atoms with E-state index in [0.29, 0.717) is 6.54 Å². The Hall–Kier alpha value is -1.60. The number of rotatable bonds is 5. The van der Waals surface area contributed by atoms with E-state index in [-0.39, 0.29) is 5.75 Å². The minimum atomic E-state index is -0.644. The van der Waals surface area contributed by atoms with E-state index in [2.05, 4.69) is 5.32 Å². The summed E-state index contributed by atoms with van der Waals surface area (Å²) in [5, 5.41) is 11.7. The van der Waals surface area contributed by atoms with Crippen LogP contribution in [0.3, 0.4) is 0 Å². The van der Waals surface area contributed by atoms with Crippen molar-refractivity contribution < 1.29 is 9.13 Å². The fraction of sp³-hybridized carbons (Fsp3) is 0.417. The Bertz CT molecular complexity index is 387. The van der Waals surface area contributed by atoms with Gasteiger partial charge in [-0.15, -0.1) is 0 Å². The lowest BCUT2D eigenvalue weighted by atomic mass is 10.2. The van der Waals surface area contributed by atoms with Crippen LogP contribution in [0.15, 0.2) is 18.2 Å². The van der Waals surface area contributed by atoms with Gasteiger partial charge >= 0.3 is 0 Å². The normalized spacial score (nSPS) is 11.9. The number of nitrogens with zero attached hydrogens (tertiary/aromatic N) is 1. The van der Waals surface area contributed by atoms with Crippen LogP contribution < -0.4 is 10.1 Å². The van der Waals surface area contributed by atoms with E-state index in [0.717, 1.165) is 12.1 Å². The summed E-state index contributed by atoms with van der Waals surface area (Å²) in [5.74, 6) is -0.313. The molecule has 0 heterocycles. The van der Waals surface area contributed by atoms with Crippen molar-refractivity contribution in [2.45, 2.75) is 26.5 Å². The van der Waals surface area contributed by atoms with Crippen molar-refractivity contribution in [1.82, 2.24) is 5.32 Å². The Kier molecular flexibility index (Phi) is 4.74. The lowest BCUT2D eigenvalue weighted by molar-refractivity contribution is 0.263.